The quantitative estimate of drug-likeness (QED) is 0.854. The van der Waals surface area contributed by atoms with Crippen LogP contribution in [-0.4, -0.2) is 21.0 Å². The molecule has 134 valence electrons. The van der Waals surface area contributed by atoms with Crippen LogP contribution in [0.3, 0.4) is 0 Å². The maximum Gasteiger partial charge on any atom is 0.274 e. The Morgan fingerprint density at radius 2 is 2.12 bits per heavy atom. The molecule has 3 heterocycles. The lowest BCUT2D eigenvalue weighted by Gasteiger charge is -2.24. The molecule has 3 N–H and O–H groups in total. The SMILES string of the molecule is C[C@@]1(c2cc(NC(=O)c3ccc(C(F)F)cn3)ccn2)C=CSC(N)=N1. The summed E-state index contributed by atoms with van der Waals surface area (Å²) in [5.74, 6) is -0.508. The van der Waals surface area contributed by atoms with Crippen LogP contribution in [0.1, 0.15) is 35.1 Å². The van der Waals surface area contributed by atoms with E-state index in [2.05, 4.69) is 20.3 Å². The molecule has 2 aromatic rings. The molecule has 1 aliphatic heterocycles. The largest absolute Gasteiger partial charge is 0.378 e. The Balaban J connectivity index is 1.79. The predicted molar refractivity (Wildman–Crippen MR) is 97.1 cm³/mol. The number of hydrogen-bond acceptors (Lipinski definition) is 6. The lowest BCUT2D eigenvalue weighted by Crippen LogP contribution is -2.25. The molecule has 1 aliphatic rings. The van der Waals surface area contributed by atoms with Crippen LogP contribution in [-0.2, 0) is 5.54 Å². The first-order chi connectivity index (χ1) is 12.4. The Hall–Kier alpha value is -2.81. The van der Waals surface area contributed by atoms with Gasteiger partial charge in [-0.2, -0.15) is 0 Å². The Morgan fingerprint density at radius 3 is 2.77 bits per heavy atom. The zero-order valence-corrected chi connectivity index (χ0v) is 14.5. The van der Waals surface area contributed by atoms with Crippen LogP contribution in [0.4, 0.5) is 14.5 Å². The van der Waals surface area contributed by atoms with Crippen LogP contribution in [0.15, 0.2) is 53.1 Å². The van der Waals surface area contributed by atoms with Crippen LogP contribution < -0.4 is 11.1 Å². The molecular weight excluding hydrogens is 360 g/mol. The molecule has 9 heteroatoms. The standard InChI is InChI=1S/C17H15F2N5OS/c1-17(5-7-26-16(20)24-17)13-8-11(4-6-21-13)23-15(25)12-3-2-10(9-22-12)14(18)19/h2-9,14H,1H3,(H2,20,24)(H,21,23,25)/t17-/m0/s1. The second-order valence-electron chi connectivity index (χ2n) is 5.68. The third-order valence-corrected chi connectivity index (χ3v) is 4.34. The van der Waals surface area contributed by atoms with E-state index >= 15 is 0 Å². The molecule has 0 bridgehead atoms. The highest BCUT2D eigenvalue weighted by molar-refractivity contribution is 8.16. The minimum atomic E-state index is -2.63. The van der Waals surface area contributed by atoms with Crippen LogP contribution in [0.2, 0.25) is 0 Å². The molecule has 0 radical (unpaired) electrons. The Morgan fingerprint density at radius 1 is 1.31 bits per heavy atom. The topological polar surface area (TPSA) is 93.3 Å². The minimum Gasteiger partial charge on any atom is -0.378 e. The van der Waals surface area contributed by atoms with Crippen molar-refractivity contribution < 1.29 is 13.6 Å². The van der Waals surface area contributed by atoms with Crippen LogP contribution in [0.5, 0.6) is 0 Å². The van der Waals surface area contributed by atoms with Crippen molar-refractivity contribution in [2.75, 3.05) is 5.32 Å². The zero-order chi connectivity index (χ0) is 18.7. The molecule has 0 aromatic carbocycles. The van der Waals surface area contributed by atoms with Gasteiger partial charge in [-0.05, 0) is 42.7 Å². The molecule has 0 spiro atoms. The number of aromatic nitrogens is 2. The highest BCUT2D eigenvalue weighted by Crippen LogP contribution is 2.32. The monoisotopic (exact) mass is 375 g/mol. The smallest absolute Gasteiger partial charge is 0.274 e. The number of amidine groups is 1. The summed E-state index contributed by atoms with van der Waals surface area (Å²) in [6.07, 6.45) is 1.77. The Kier molecular flexibility index (Phi) is 4.99. The number of rotatable bonds is 4. The molecule has 0 fully saturated rings. The summed E-state index contributed by atoms with van der Waals surface area (Å²) in [5.41, 5.74) is 5.94. The first kappa shape index (κ1) is 18.0. The van der Waals surface area contributed by atoms with E-state index in [1.165, 1.54) is 23.9 Å². The molecule has 3 rings (SSSR count). The second kappa shape index (κ2) is 7.20. The number of thioether (sulfide) groups is 1. The highest BCUT2D eigenvalue weighted by Gasteiger charge is 2.27. The van der Waals surface area contributed by atoms with Gasteiger partial charge in [0.1, 0.15) is 11.2 Å². The molecule has 1 amide bonds. The van der Waals surface area contributed by atoms with Gasteiger partial charge in [-0.3, -0.25) is 14.8 Å². The first-order valence-corrected chi connectivity index (χ1v) is 8.47. The van der Waals surface area contributed by atoms with E-state index in [1.807, 2.05) is 18.4 Å². The molecule has 0 aliphatic carbocycles. The number of pyridine rings is 2. The molecule has 0 saturated heterocycles. The summed E-state index contributed by atoms with van der Waals surface area (Å²) in [7, 11) is 0. The van der Waals surface area contributed by atoms with Gasteiger partial charge in [0.25, 0.3) is 12.3 Å². The number of halogens is 2. The lowest BCUT2D eigenvalue weighted by atomic mass is 9.98. The van der Waals surface area contributed by atoms with Gasteiger partial charge in [-0.1, -0.05) is 11.8 Å². The molecule has 2 aromatic heterocycles. The second-order valence-corrected chi connectivity index (χ2v) is 6.61. The van der Waals surface area contributed by atoms with Crippen LogP contribution >= 0.6 is 11.8 Å². The number of hydrogen-bond donors (Lipinski definition) is 2. The molecule has 0 saturated carbocycles. The van der Waals surface area contributed by atoms with Crippen molar-refractivity contribution in [2.45, 2.75) is 18.9 Å². The number of alkyl halides is 2. The van der Waals surface area contributed by atoms with Crippen LogP contribution in [0, 0.1) is 0 Å². The lowest BCUT2D eigenvalue weighted by molar-refractivity contribution is 0.102. The van der Waals surface area contributed by atoms with Crippen molar-refractivity contribution in [1.29, 1.82) is 0 Å². The van der Waals surface area contributed by atoms with E-state index in [0.29, 0.717) is 16.5 Å². The average Bonchev–Trinajstić information content (AvgIpc) is 2.62. The number of anilines is 1. The van der Waals surface area contributed by atoms with E-state index < -0.39 is 17.9 Å². The van der Waals surface area contributed by atoms with Crippen molar-refractivity contribution in [1.82, 2.24) is 9.97 Å². The summed E-state index contributed by atoms with van der Waals surface area (Å²) in [4.78, 5) is 24.7. The van der Waals surface area contributed by atoms with Gasteiger partial charge >= 0.3 is 0 Å². The van der Waals surface area contributed by atoms with Gasteiger partial charge in [0.15, 0.2) is 5.17 Å². The van der Waals surface area contributed by atoms with Gasteiger partial charge in [0, 0.05) is 23.6 Å². The van der Waals surface area contributed by atoms with Crippen molar-refractivity contribution in [3.8, 4) is 0 Å². The van der Waals surface area contributed by atoms with Gasteiger partial charge < -0.3 is 11.1 Å². The molecule has 26 heavy (non-hydrogen) atoms. The van der Waals surface area contributed by atoms with E-state index in [4.69, 9.17) is 5.73 Å². The fraction of sp³-hybridized carbons (Fsp3) is 0.176. The van der Waals surface area contributed by atoms with Crippen LogP contribution in [0.25, 0.3) is 0 Å². The number of carbonyl (C=O) groups is 1. The molecule has 0 unspecified atom stereocenters. The third kappa shape index (κ3) is 3.88. The minimum absolute atomic E-state index is 0.0372. The maximum atomic E-state index is 12.6. The third-order valence-electron chi connectivity index (χ3n) is 3.73. The number of carbonyl (C=O) groups excluding carboxylic acids is 1. The summed E-state index contributed by atoms with van der Waals surface area (Å²) in [6, 6.07) is 5.73. The fourth-order valence-corrected chi connectivity index (χ4v) is 3.04. The number of aliphatic imine (C=N–C) groups is 1. The van der Waals surface area contributed by atoms with Gasteiger partial charge in [0.2, 0.25) is 0 Å². The number of nitrogens with one attached hydrogen (secondary N) is 1. The Bertz CT molecular complexity index is 885. The molecular formula is C17H15F2N5OS. The molecule has 6 nitrogen and oxygen atoms in total. The van der Waals surface area contributed by atoms with E-state index in [1.54, 1.807) is 18.3 Å². The fourth-order valence-electron chi connectivity index (χ4n) is 2.32. The normalized spacial score (nSPS) is 19.3. The predicted octanol–water partition coefficient (Wildman–Crippen LogP) is 3.46. The van der Waals surface area contributed by atoms with Crippen molar-refractivity contribution in [3.63, 3.8) is 0 Å². The van der Waals surface area contributed by atoms with Gasteiger partial charge in [-0.25, -0.2) is 13.8 Å². The summed E-state index contributed by atoms with van der Waals surface area (Å²) in [6.45, 7) is 1.86. The van der Waals surface area contributed by atoms with Crippen molar-refractivity contribution >= 4 is 28.5 Å². The number of nitrogens with two attached hydrogens (primary N) is 1. The van der Waals surface area contributed by atoms with Gasteiger partial charge in [-0.15, -0.1) is 0 Å². The zero-order valence-electron chi connectivity index (χ0n) is 13.7. The number of amides is 1. The van der Waals surface area contributed by atoms with E-state index in [9.17, 15) is 13.6 Å². The summed E-state index contributed by atoms with van der Waals surface area (Å²) < 4.78 is 25.1. The summed E-state index contributed by atoms with van der Waals surface area (Å²) >= 11 is 1.32. The van der Waals surface area contributed by atoms with Crippen molar-refractivity contribution in [3.05, 3.63) is 65.1 Å². The maximum absolute atomic E-state index is 12.6. The van der Waals surface area contributed by atoms with E-state index in [0.717, 1.165) is 6.20 Å². The van der Waals surface area contributed by atoms with Crippen molar-refractivity contribution in [2.24, 2.45) is 10.7 Å². The molecule has 1 atom stereocenters. The number of nitrogens with zero attached hydrogens (tertiary/aromatic N) is 3. The summed E-state index contributed by atoms with van der Waals surface area (Å²) in [5, 5.41) is 4.94. The van der Waals surface area contributed by atoms with Gasteiger partial charge in [0.05, 0.1) is 5.69 Å². The van der Waals surface area contributed by atoms with E-state index in [-0.39, 0.29) is 11.3 Å². The first-order valence-electron chi connectivity index (χ1n) is 7.59. The average molecular weight is 375 g/mol. The highest BCUT2D eigenvalue weighted by atomic mass is 32.2. The Labute approximate surface area is 152 Å².